The first-order valence-corrected chi connectivity index (χ1v) is 13.8. The summed E-state index contributed by atoms with van der Waals surface area (Å²) in [4.78, 5) is 19.5. The molecular weight excluding hydrogens is 504 g/mol. The lowest BCUT2D eigenvalue weighted by molar-refractivity contribution is 0.205. The minimum atomic E-state index is -0.414. The van der Waals surface area contributed by atoms with Gasteiger partial charge in [0.1, 0.15) is 22.9 Å². The third-order valence-corrected chi connectivity index (χ3v) is 6.73. The van der Waals surface area contributed by atoms with Crippen molar-refractivity contribution in [3.63, 3.8) is 0 Å². The van der Waals surface area contributed by atoms with Crippen LogP contribution in [-0.2, 0) is 5.41 Å². The van der Waals surface area contributed by atoms with Gasteiger partial charge in [0, 0.05) is 36.0 Å². The second-order valence-electron chi connectivity index (χ2n) is 11.1. The molecular formula is C31H36N6O3. The number of imidazole rings is 1. The number of ether oxygens (including phenoxy) is 1. The number of aromatic nitrogens is 3. The van der Waals surface area contributed by atoms with Gasteiger partial charge in [-0.25, -0.2) is 9.78 Å². The predicted octanol–water partition coefficient (Wildman–Crippen LogP) is 5.92. The van der Waals surface area contributed by atoms with Crippen LogP contribution in [0, 0.1) is 11.8 Å². The van der Waals surface area contributed by atoms with E-state index in [1.165, 1.54) is 32.4 Å². The molecule has 2 N–H and O–H groups in total. The molecule has 0 saturated carbocycles. The smallest absolute Gasteiger partial charge is 0.324 e. The van der Waals surface area contributed by atoms with Crippen LogP contribution in [-0.4, -0.2) is 51.7 Å². The summed E-state index contributed by atoms with van der Waals surface area (Å²) in [6, 6.07) is 12.8. The number of nitrogens with one attached hydrogen (secondary N) is 2. The van der Waals surface area contributed by atoms with E-state index in [9.17, 15) is 4.79 Å². The van der Waals surface area contributed by atoms with Gasteiger partial charge in [-0.3, -0.25) is 5.32 Å². The van der Waals surface area contributed by atoms with E-state index in [0.717, 1.165) is 36.5 Å². The highest BCUT2D eigenvalue weighted by Gasteiger charge is 2.20. The molecule has 9 heteroatoms. The Morgan fingerprint density at radius 2 is 1.82 bits per heavy atom. The van der Waals surface area contributed by atoms with E-state index >= 15 is 0 Å². The predicted molar refractivity (Wildman–Crippen MR) is 156 cm³/mol. The first kappa shape index (κ1) is 27.3. The van der Waals surface area contributed by atoms with E-state index in [1.807, 2.05) is 61.7 Å². The summed E-state index contributed by atoms with van der Waals surface area (Å²) < 4.78 is 13.1. The van der Waals surface area contributed by atoms with Crippen molar-refractivity contribution in [2.24, 2.45) is 0 Å². The molecule has 2 amide bonds. The SMILES string of the molecule is CC(C)(C)c1cc(NC(=O)Nc2ccc3nc(C#Cc4ccc(OCCCN5CCCCC5)cc4)cn3c2)no1. The van der Waals surface area contributed by atoms with Crippen LogP contribution in [0.1, 0.15) is 63.5 Å². The van der Waals surface area contributed by atoms with E-state index in [2.05, 4.69) is 37.5 Å². The maximum Gasteiger partial charge on any atom is 0.324 e. The molecule has 5 rings (SSSR count). The lowest BCUT2D eigenvalue weighted by Gasteiger charge is -2.26. The van der Waals surface area contributed by atoms with Gasteiger partial charge >= 0.3 is 6.03 Å². The molecule has 1 aromatic carbocycles. The summed E-state index contributed by atoms with van der Waals surface area (Å²) in [5, 5.41) is 9.41. The van der Waals surface area contributed by atoms with E-state index in [1.54, 1.807) is 18.3 Å². The largest absolute Gasteiger partial charge is 0.494 e. The molecule has 40 heavy (non-hydrogen) atoms. The van der Waals surface area contributed by atoms with Gasteiger partial charge in [-0.15, -0.1) is 0 Å². The molecule has 1 aliphatic rings. The molecule has 1 fully saturated rings. The molecule has 0 unspecified atom stereocenters. The lowest BCUT2D eigenvalue weighted by atomic mass is 9.93. The summed E-state index contributed by atoms with van der Waals surface area (Å²) in [7, 11) is 0. The van der Waals surface area contributed by atoms with E-state index < -0.39 is 6.03 Å². The Kier molecular flexibility index (Phi) is 8.37. The van der Waals surface area contributed by atoms with Gasteiger partial charge in [0.25, 0.3) is 0 Å². The van der Waals surface area contributed by atoms with Gasteiger partial charge in [0.05, 0.1) is 12.3 Å². The molecule has 4 heterocycles. The number of urea groups is 1. The number of hydrogen-bond acceptors (Lipinski definition) is 6. The third kappa shape index (κ3) is 7.42. The topological polar surface area (TPSA) is 96.9 Å². The van der Waals surface area contributed by atoms with Crippen LogP contribution in [0.2, 0.25) is 0 Å². The van der Waals surface area contributed by atoms with Crippen molar-refractivity contribution in [2.75, 3.05) is 36.9 Å². The van der Waals surface area contributed by atoms with Crippen molar-refractivity contribution >= 4 is 23.2 Å². The number of carbonyl (C=O) groups is 1. The quantitative estimate of drug-likeness (QED) is 0.223. The summed E-state index contributed by atoms with van der Waals surface area (Å²) in [6.45, 7) is 10.3. The molecule has 0 radical (unpaired) electrons. The van der Waals surface area contributed by atoms with Gasteiger partial charge in [-0.1, -0.05) is 38.3 Å². The Hall–Kier alpha value is -4.29. The van der Waals surface area contributed by atoms with Crippen LogP contribution in [0.5, 0.6) is 5.75 Å². The molecule has 4 aromatic rings. The number of amides is 2. The normalized spacial score (nSPS) is 14.0. The molecule has 0 bridgehead atoms. The van der Waals surface area contributed by atoms with E-state index in [4.69, 9.17) is 9.26 Å². The summed E-state index contributed by atoms with van der Waals surface area (Å²) in [5.74, 6) is 8.19. The maximum absolute atomic E-state index is 12.4. The van der Waals surface area contributed by atoms with Crippen molar-refractivity contribution in [1.82, 2.24) is 19.4 Å². The number of likely N-dealkylation sites (tertiary alicyclic amines) is 1. The Balaban J connectivity index is 1.13. The standard InChI is InChI=1S/C31H36N6O3/c1-31(2,3)27-20-28(35-40-27)34-30(38)33-25-12-15-29-32-24(21-37(29)22-25)11-8-23-9-13-26(14-10-23)39-19-7-18-36-16-5-4-6-17-36/h9-10,12-15,20-22H,4-7,16-19H2,1-3H3,(H2,33,34,35,38). The highest BCUT2D eigenvalue weighted by molar-refractivity contribution is 5.99. The van der Waals surface area contributed by atoms with Crippen LogP contribution in [0.4, 0.5) is 16.3 Å². The second kappa shape index (κ2) is 12.3. The van der Waals surface area contributed by atoms with Crippen molar-refractivity contribution in [2.45, 2.75) is 51.9 Å². The third-order valence-electron chi connectivity index (χ3n) is 6.73. The average molecular weight is 541 g/mol. The number of fused-ring (bicyclic) bond motifs is 1. The Labute approximate surface area is 234 Å². The zero-order valence-corrected chi connectivity index (χ0v) is 23.4. The Bertz CT molecular complexity index is 1500. The van der Waals surface area contributed by atoms with Gasteiger partial charge < -0.3 is 23.9 Å². The Morgan fingerprint density at radius 3 is 2.58 bits per heavy atom. The monoisotopic (exact) mass is 540 g/mol. The van der Waals surface area contributed by atoms with Gasteiger partial charge in [0.15, 0.2) is 5.82 Å². The molecule has 208 valence electrons. The number of benzene rings is 1. The highest BCUT2D eigenvalue weighted by Crippen LogP contribution is 2.24. The number of rotatable bonds is 7. The fraction of sp³-hybridized carbons (Fsp3) is 0.387. The number of pyridine rings is 1. The van der Waals surface area contributed by atoms with Gasteiger partial charge in [-0.2, -0.15) is 0 Å². The van der Waals surface area contributed by atoms with Crippen LogP contribution in [0.3, 0.4) is 0 Å². The Morgan fingerprint density at radius 1 is 1.02 bits per heavy atom. The van der Waals surface area contributed by atoms with Gasteiger partial charge in [0.2, 0.25) is 0 Å². The molecule has 0 atom stereocenters. The van der Waals surface area contributed by atoms with Crippen molar-refractivity contribution in [1.29, 1.82) is 0 Å². The number of hydrogen-bond donors (Lipinski definition) is 2. The van der Waals surface area contributed by atoms with Crippen molar-refractivity contribution in [3.05, 3.63) is 71.9 Å². The number of carbonyl (C=O) groups excluding carboxylic acids is 1. The highest BCUT2D eigenvalue weighted by atomic mass is 16.5. The number of anilines is 2. The van der Waals surface area contributed by atoms with Crippen LogP contribution in [0.15, 0.2) is 59.4 Å². The summed E-state index contributed by atoms with van der Waals surface area (Å²) in [5.41, 5.74) is 2.67. The molecule has 0 spiro atoms. The first-order chi connectivity index (χ1) is 19.3. The average Bonchev–Trinajstić information content (AvgIpc) is 3.58. The van der Waals surface area contributed by atoms with Crippen LogP contribution in [0.25, 0.3) is 5.65 Å². The maximum atomic E-state index is 12.4. The lowest BCUT2D eigenvalue weighted by Crippen LogP contribution is -2.31. The molecule has 1 aliphatic heterocycles. The van der Waals surface area contributed by atoms with E-state index in [-0.39, 0.29) is 5.41 Å². The summed E-state index contributed by atoms with van der Waals surface area (Å²) >= 11 is 0. The fourth-order valence-electron chi connectivity index (χ4n) is 4.52. The molecule has 9 nitrogen and oxygen atoms in total. The fourth-order valence-corrected chi connectivity index (χ4v) is 4.52. The molecule has 0 aliphatic carbocycles. The summed E-state index contributed by atoms with van der Waals surface area (Å²) in [6.07, 6.45) is 8.66. The zero-order valence-electron chi connectivity index (χ0n) is 23.4. The first-order valence-electron chi connectivity index (χ1n) is 13.8. The van der Waals surface area contributed by atoms with Crippen molar-refractivity contribution < 1.29 is 14.1 Å². The van der Waals surface area contributed by atoms with Crippen LogP contribution >= 0.6 is 0 Å². The van der Waals surface area contributed by atoms with Crippen molar-refractivity contribution in [3.8, 4) is 17.6 Å². The molecule has 3 aromatic heterocycles. The van der Waals surface area contributed by atoms with Gasteiger partial charge in [-0.05, 0) is 74.7 Å². The number of piperidine rings is 1. The van der Waals surface area contributed by atoms with Crippen LogP contribution < -0.4 is 15.4 Å². The van der Waals surface area contributed by atoms with E-state index in [0.29, 0.717) is 23.0 Å². The minimum absolute atomic E-state index is 0.194. The minimum Gasteiger partial charge on any atom is -0.494 e. The second-order valence-corrected chi connectivity index (χ2v) is 11.1. The molecule has 1 saturated heterocycles. The number of nitrogens with zero attached hydrogens (tertiary/aromatic N) is 4. The zero-order chi connectivity index (χ0) is 28.0.